The molecule has 4 atom stereocenters. The molecule has 1 fully saturated rings. The minimum atomic E-state index is -5.08. The van der Waals surface area contributed by atoms with Crippen molar-refractivity contribution in [1.82, 2.24) is 10.2 Å². The van der Waals surface area contributed by atoms with Crippen molar-refractivity contribution in [2.45, 2.75) is 65.0 Å². The van der Waals surface area contributed by atoms with Crippen LogP contribution in [0.1, 0.15) is 45.7 Å². The van der Waals surface area contributed by atoms with Gasteiger partial charge in [-0.25, -0.2) is 9.18 Å². The molecule has 2 amide bonds. The van der Waals surface area contributed by atoms with Gasteiger partial charge in [0.1, 0.15) is 17.0 Å². The zero-order valence-electron chi connectivity index (χ0n) is 19.3. The van der Waals surface area contributed by atoms with Gasteiger partial charge in [0, 0.05) is 35.5 Å². The number of nitrogens with zero attached hydrogens (tertiary/aromatic N) is 1. The minimum Gasteiger partial charge on any atom is -0.444 e. The summed E-state index contributed by atoms with van der Waals surface area (Å²) in [7, 11) is 0. The third-order valence-corrected chi connectivity index (χ3v) is 5.91. The van der Waals surface area contributed by atoms with Gasteiger partial charge in [0.15, 0.2) is 0 Å². The Balaban J connectivity index is 2.31. The van der Waals surface area contributed by atoms with Gasteiger partial charge in [0.05, 0.1) is 0 Å². The largest absolute Gasteiger partial charge is 0.444 e. The molecule has 0 saturated carbocycles. The summed E-state index contributed by atoms with van der Waals surface area (Å²) in [4.78, 5) is 25.7. The number of hydrogen-bond acceptors (Lipinski definition) is 4. The topological polar surface area (TPSA) is 78.9 Å². The van der Waals surface area contributed by atoms with Crippen LogP contribution in [0.4, 0.5) is 22.4 Å². The smallest absolute Gasteiger partial charge is 0.417 e. The van der Waals surface area contributed by atoms with Crippen molar-refractivity contribution < 1.29 is 37.0 Å². The monoisotopic (exact) mass is 496 g/mol. The fourth-order valence-electron chi connectivity index (χ4n) is 4.27. The highest BCUT2D eigenvalue weighted by Gasteiger charge is 2.53. The predicted molar refractivity (Wildman–Crippen MR) is 114 cm³/mol. The quantitative estimate of drug-likeness (QED) is 0.602. The lowest BCUT2D eigenvalue weighted by Gasteiger charge is -2.49. The van der Waals surface area contributed by atoms with Crippen LogP contribution >= 0.6 is 11.6 Å². The number of aryl methyl sites for hydroxylation is 1. The Bertz CT molecular complexity index is 882. The van der Waals surface area contributed by atoms with Crippen LogP contribution in [0.25, 0.3) is 0 Å². The second-order valence-corrected chi connectivity index (χ2v) is 10.0. The first-order valence-corrected chi connectivity index (χ1v) is 10.8. The molecule has 1 aliphatic rings. The van der Waals surface area contributed by atoms with E-state index in [0.717, 1.165) is 11.0 Å². The number of ether oxygens (including phenoxy) is 1. The van der Waals surface area contributed by atoms with E-state index in [9.17, 15) is 32.3 Å². The fourth-order valence-corrected chi connectivity index (χ4v) is 4.53. The number of amides is 2. The highest BCUT2D eigenvalue weighted by molar-refractivity contribution is 6.30. The molecule has 0 aromatic heterocycles. The molecule has 0 spiro atoms. The van der Waals surface area contributed by atoms with E-state index >= 15 is 0 Å². The number of nitrogens with one attached hydrogen (secondary N) is 1. The molecule has 11 heteroatoms. The van der Waals surface area contributed by atoms with Crippen LogP contribution in [-0.4, -0.2) is 52.9 Å². The van der Waals surface area contributed by atoms with Crippen LogP contribution in [0.3, 0.4) is 0 Å². The van der Waals surface area contributed by atoms with Gasteiger partial charge in [0.25, 0.3) is 5.91 Å². The molecule has 2 rings (SSSR count). The summed E-state index contributed by atoms with van der Waals surface area (Å²) in [6.45, 7) is 8.47. The van der Waals surface area contributed by atoms with Crippen LogP contribution in [0.15, 0.2) is 12.1 Å². The van der Waals surface area contributed by atoms with Crippen LogP contribution < -0.4 is 5.32 Å². The maximum Gasteiger partial charge on any atom is 0.417 e. The van der Waals surface area contributed by atoms with Gasteiger partial charge in [0.2, 0.25) is 6.04 Å². The lowest BCUT2D eigenvalue weighted by molar-refractivity contribution is -0.182. The third kappa shape index (κ3) is 5.90. The van der Waals surface area contributed by atoms with Gasteiger partial charge >= 0.3 is 12.3 Å². The molecule has 6 nitrogen and oxygen atoms in total. The predicted octanol–water partition coefficient (Wildman–Crippen LogP) is 4.55. The van der Waals surface area contributed by atoms with Crippen molar-refractivity contribution in [3.05, 3.63) is 34.1 Å². The van der Waals surface area contributed by atoms with Crippen molar-refractivity contribution >= 4 is 23.6 Å². The van der Waals surface area contributed by atoms with Gasteiger partial charge < -0.3 is 20.1 Å². The molecular weight excluding hydrogens is 468 g/mol. The van der Waals surface area contributed by atoms with Crippen LogP contribution in [0.2, 0.25) is 5.02 Å². The number of carbonyl (C=O) groups excluding carboxylic acids is 2. The maximum absolute atomic E-state index is 14.8. The van der Waals surface area contributed by atoms with Gasteiger partial charge in [-0.2, -0.15) is 13.2 Å². The molecule has 33 heavy (non-hydrogen) atoms. The van der Waals surface area contributed by atoms with E-state index in [2.05, 4.69) is 0 Å². The number of benzene rings is 1. The number of halogens is 5. The highest BCUT2D eigenvalue weighted by Crippen LogP contribution is 2.44. The Morgan fingerprint density at radius 1 is 1.21 bits per heavy atom. The van der Waals surface area contributed by atoms with Gasteiger partial charge in [-0.1, -0.05) is 25.4 Å². The summed E-state index contributed by atoms with van der Waals surface area (Å²) in [5.74, 6) is -3.77. The van der Waals surface area contributed by atoms with Crippen molar-refractivity contribution in [2.75, 3.05) is 13.1 Å². The number of carbonyl (C=O) groups is 2. The lowest BCUT2D eigenvalue weighted by atomic mass is 9.69. The highest BCUT2D eigenvalue weighted by atomic mass is 35.5. The van der Waals surface area contributed by atoms with Gasteiger partial charge in [-0.05, 0) is 45.4 Å². The number of likely N-dealkylation sites (tertiary alicyclic amines) is 1. The summed E-state index contributed by atoms with van der Waals surface area (Å²) >= 11 is 5.88. The number of alkyl halides is 3. The molecular formula is C22H29ClF4N2O4. The fraction of sp³-hybridized carbons (Fsp3) is 0.636. The second-order valence-electron chi connectivity index (χ2n) is 9.57. The van der Waals surface area contributed by atoms with Crippen molar-refractivity contribution in [3.63, 3.8) is 0 Å². The van der Waals surface area contributed by atoms with Gasteiger partial charge in [-0.3, -0.25) is 4.79 Å². The first kappa shape index (κ1) is 27.2. The second kappa shape index (κ2) is 9.29. The van der Waals surface area contributed by atoms with E-state index in [-0.39, 0.29) is 23.7 Å². The Hall–Kier alpha value is -2.07. The molecule has 0 aliphatic carbocycles. The molecule has 1 saturated heterocycles. The standard InChI is InChI=1S/C22H29ClF4N2O4/c1-11-7-14(23)8-15(24)16(11)21(32)12(2)9-29(10-13(21)3)18(30)17(22(25,26)27)28-19(31)33-20(4,5)6/h7-8,12-13,17,32H,9-10H2,1-6H3,(H,28,31)/t12-,13+,17?,21?. The SMILES string of the molecule is Cc1cc(Cl)cc(F)c1C1(O)[C@H](C)CN(C(=O)C(NC(=O)OC(C)(C)C)C(F)(F)F)C[C@@H]1C. The first-order valence-electron chi connectivity index (χ1n) is 10.4. The Labute approximate surface area is 195 Å². The number of rotatable bonds is 3. The Kier molecular flexibility index (Phi) is 7.65. The normalized spacial score (nSPS) is 24.9. The summed E-state index contributed by atoms with van der Waals surface area (Å²) in [6, 6.07) is -0.283. The Morgan fingerprint density at radius 2 is 1.73 bits per heavy atom. The average molecular weight is 497 g/mol. The van der Waals surface area contributed by atoms with E-state index in [1.807, 2.05) is 0 Å². The van der Waals surface area contributed by atoms with Crippen LogP contribution in [-0.2, 0) is 15.1 Å². The van der Waals surface area contributed by atoms with E-state index in [1.165, 1.54) is 40.7 Å². The summed E-state index contributed by atoms with van der Waals surface area (Å²) < 4.78 is 60.6. The molecule has 186 valence electrons. The summed E-state index contributed by atoms with van der Waals surface area (Å²) in [5, 5.41) is 13.2. The van der Waals surface area contributed by atoms with Crippen molar-refractivity contribution in [2.24, 2.45) is 11.8 Å². The molecule has 1 heterocycles. The molecule has 0 bridgehead atoms. The number of hydrogen-bond donors (Lipinski definition) is 2. The molecule has 2 N–H and O–H groups in total. The maximum atomic E-state index is 14.8. The number of alkyl carbamates (subject to hydrolysis) is 1. The number of piperidine rings is 1. The van der Waals surface area contributed by atoms with Crippen LogP contribution in [0, 0.1) is 24.6 Å². The zero-order chi connectivity index (χ0) is 25.5. The third-order valence-electron chi connectivity index (χ3n) is 5.69. The lowest BCUT2D eigenvalue weighted by Crippen LogP contribution is -2.62. The summed E-state index contributed by atoms with van der Waals surface area (Å²) in [6.07, 6.45) is -6.46. The van der Waals surface area contributed by atoms with E-state index in [0.29, 0.717) is 5.56 Å². The van der Waals surface area contributed by atoms with Crippen molar-refractivity contribution in [3.8, 4) is 0 Å². The molecule has 1 aromatic rings. The molecule has 1 aromatic carbocycles. The summed E-state index contributed by atoms with van der Waals surface area (Å²) in [5.41, 5.74) is -2.42. The first-order chi connectivity index (χ1) is 14.9. The molecule has 2 unspecified atom stereocenters. The Morgan fingerprint density at radius 3 is 2.15 bits per heavy atom. The molecule has 0 radical (unpaired) electrons. The minimum absolute atomic E-state index is 0.00162. The van der Waals surface area contributed by atoms with Crippen LogP contribution in [0.5, 0.6) is 0 Å². The number of aliphatic hydroxyl groups is 1. The van der Waals surface area contributed by atoms with Gasteiger partial charge in [-0.15, -0.1) is 0 Å². The van der Waals surface area contributed by atoms with Crippen molar-refractivity contribution in [1.29, 1.82) is 0 Å². The van der Waals surface area contributed by atoms with E-state index in [4.69, 9.17) is 16.3 Å². The average Bonchev–Trinajstić information content (AvgIpc) is 2.60. The zero-order valence-corrected chi connectivity index (χ0v) is 20.1. The van der Waals surface area contributed by atoms with E-state index < -0.39 is 53.1 Å². The molecule has 1 aliphatic heterocycles. The van der Waals surface area contributed by atoms with E-state index in [1.54, 1.807) is 12.2 Å².